The molecule has 0 bridgehead atoms. The van der Waals surface area contributed by atoms with Crippen LogP contribution in [-0.2, 0) is 4.79 Å². The van der Waals surface area contributed by atoms with Crippen LogP contribution in [-0.4, -0.2) is 17.0 Å². The fraction of sp³-hybridized carbons (Fsp3) is 0.364. The number of fused-ring (bicyclic) bond motifs is 1. The molecule has 3 rings (SSSR count). The van der Waals surface area contributed by atoms with Gasteiger partial charge in [-0.05, 0) is 34.8 Å². The SMILES string of the molecule is N#CC1(C2Oc3cc(Br)cnc3NC2=O)CC1. The van der Waals surface area contributed by atoms with Crippen molar-refractivity contribution >= 4 is 27.7 Å². The van der Waals surface area contributed by atoms with Crippen LogP contribution >= 0.6 is 15.9 Å². The first-order chi connectivity index (χ1) is 8.14. The fourth-order valence-corrected chi connectivity index (χ4v) is 2.21. The maximum Gasteiger partial charge on any atom is 0.268 e. The predicted molar refractivity (Wildman–Crippen MR) is 62.3 cm³/mol. The van der Waals surface area contributed by atoms with Crippen molar-refractivity contribution in [3.63, 3.8) is 0 Å². The molecule has 2 heterocycles. The van der Waals surface area contributed by atoms with E-state index in [0.29, 0.717) is 24.4 Å². The van der Waals surface area contributed by atoms with Gasteiger partial charge in [0.15, 0.2) is 17.7 Å². The minimum atomic E-state index is -0.726. The first kappa shape index (κ1) is 10.5. The van der Waals surface area contributed by atoms with Gasteiger partial charge < -0.3 is 10.1 Å². The number of rotatable bonds is 1. The Bertz CT molecular complexity index is 548. The summed E-state index contributed by atoms with van der Waals surface area (Å²) >= 11 is 3.29. The molecule has 1 fully saturated rings. The zero-order valence-electron chi connectivity index (χ0n) is 8.74. The predicted octanol–water partition coefficient (Wildman–Crippen LogP) is 1.85. The summed E-state index contributed by atoms with van der Waals surface area (Å²) in [4.78, 5) is 15.9. The highest BCUT2D eigenvalue weighted by molar-refractivity contribution is 9.10. The lowest BCUT2D eigenvalue weighted by molar-refractivity contribution is -0.125. The number of carbonyl (C=O) groups is 1. The normalized spacial score (nSPS) is 24.0. The molecule has 0 spiro atoms. The average Bonchev–Trinajstić information content (AvgIpc) is 3.10. The first-order valence-electron chi connectivity index (χ1n) is 5.19. The number of aromatic nitrogens is 1. The Morgan fingerprint density at radius 1 is 1.65 bits per heavy atom. The third-order valence-electron chi connectivity index (χ3n) is 3.06. The number of nitrogens with zero attached hydrogens (tertiary/aromatic N) is 2. The van der Waals surface area contributed by atoms with Gasteiger partial charge >= 0.3 is 0 Å². The number of hydrogen-bond acceptors (Lipinski definition) is 4. The van der Waals surface area contributed by atoms with Crippen molar-refractivity contribution in [2.75, 3.05) is 5.32 Å². The summed E-state index contributed by atoms with van der Waals surface area (Å²) in [5, 5.41) is 11.8. The van der Waals surface area contributed by atoms with Gasteiger partial charge in [-0.3, -0.25) is 4.79 Å². The molecule has 17 heavy (non-hydrogen) atoms. The summed E-state index contributed by atoms with van der Waals surface area (Å²) < 4.78 is 6.39. The van der Waals surface area contributed by atoms with E-state index in [-0.39, 0.29) is 5.91 Å². The zero-order chi connectivity index (χ0) is 12.0. The van der Waals surface area contributed by atoms with Crippen molar-refractivity contribution < 1.29 is 9.53 Å². The van der Waals surface area contributed by atoms with E-state index in [2.05, 4.69) is 32.3 Å². The van der Waals surface area contributed by atoms with E-state index in [4.69, 9.17) is 10.00 Å². The molecule has 1 aliphatic carbocycles. The Morgan fingerprint density at radius 2 is 2.41 bits per heavy atom. The summed E-state index contributed by atoms with van der Waals surface area (Å²) in [7, 11) is 0. The average molecular weight is 294 g/mol. The van der Waals surface area contributed by atoms with E-state index in [1.165, 1.54) is 0 Å². The number of amides is 1. The molecule has 5 nitrogen and oxygen atoms in total. The van der Waals surface area contributed by atoms with E-state index >= 15 is 0 Å². The lowest BCUT2D eigenvalue weighted by atomic mass is 9.99. The van der Waals surface area contributed by atoms with Gasteiger partial charge in [0, 0.05) is 10.7 Å². The summed E-state index contributed by atoms with van der Waals surface area (Å²) in [5.41, 5.74) is -0.649. The molecule has 1 N–H and O–H groups in total. The number of nitriles is 1. The standard InChI is InChI=1S/C11H8BrN3O2/c12-6-3-7-9(14-4-6)15-10(16)8(17-7)11(5-13)1-2-11/h3-4,8H,1-2H2,(H,14,15,16). The molecule has 0 radical (unpaired) electrons. The van der Waals surface area contributed by atoms with Crippen molar-refractivity contribution in [3.05, 3.63) is 16.7 Å². The van der Waals surface area contributed by atoms with Gasteiger partial charge in [0.25, 0.3) is 5.91 Å². The van der Waals surface area contributed by atoms with E-state index in [9.17, 15) is 4.79 Å². The second-order valence-electron chi connectivity index (χ2n) is 4.26. The van der Waals surface area contributed by atoms with Crippen LogP contribution in [0.4, 0.5) is 5.82 Å². The van der Waals surface area contributed by atoms with Crippen LogP contribution < -0.4 is 10.1 Å². The molecule has 6 heteroatoms. The highest BCUT2D eigenvalue weighted by Crippen LogP contribution is 2.51. The van der Waals surface area contributed by atoms with Crippen LogP contribution in [0.2, 0.25) is 0 Å². The molecule has 1 aliphatic heterocycles. The van der Waals surface area contributed by atoms with Crippen molar-refractivity contribution in [1.29, 1.82) is 5.26 Å². The molecule has 1 unspecified atom stereocenters. The molecule has 2 aliphatic rings. The minimum absolute atomic E-state index is 0.286. The van der Waals surface area contributed by atoms with Gasteiger partial charge in [0.1, 0.15) is 5.41 Å². The molecular weight excluding hydrogens is 286 g/mol. The monoisotopic (exact) mass is 293 g/mol. The number of pyridine rings is 1. The second-order valence-corrected chi connectivity index (χ2v) is 5.17. The fourth-order valence-electron chi connectivity index (χ4n) is 1.90. The van der Waals surface area contributed by atoms with Gasteiger partial charge in [-0.15, -0.1) is 0 Å². The van der Waals surface area contributed by atoms with Gasteiger partial charge in [-0.1, -0.05) is 0 Å². The molecule has 0 aromatic carbocycles. The smallest absolute Gasteiger partial charge is 0.268 e. The van der Waals surface area contributed by atoms with E-state index in [1.54, 1.807) is 12.3 Å². The Hall–Kier alpha value is -1.61. The topological polar surface area (TPSA) is 75.0 Å². The van der Waals surface area contributed by atoms with Crippen LogP contribution in [0.25, 0.3) is 0 Å². The number of hydrogen-bond donors (Lipinski definition) is 1. The zero-order valence-corrected chi connectivity index (χ0v) is 10.3. The third kappa shape index (κ3) is 1.58. The van der Waals surface area contributed by atoms with Crippen molar-refractivity contribution in [1.82, 2.24) is 4.98 Å². The minimum Gasteiger partial charge on any atom is -0.475 e. The molecule has 1 atom stereocenters. The van der Waals surface area contributed by atoms with Crippen LogP contribution in [0, 0.1) is 16.7 Å². The Morgan fingerprint density at radius 3 is 3.06 bits per heavy atom. The summed E-state index contributed by atoms with van der Waals surface area (Å²) in [6.45, 7) is 0. The number of anilines is 1. The largest absolute Gasteiger partial charge is 0.475 e. The summed E-state index contributed by atoms with van der Waals surface area (Å²) in [6.07, 6.45) is 2.27. The van der Waals surface area contributed by atoms with Crippen LogP contribution in [0.15, 0.2) is 16.7 Å². The lowest BCUT2D eigenvalue weighted by Gasteiger charge is -2.27. The number of nitrogens with one attached hydrogen (secondary N) is 1. The van der Waals surface area contributed by atoms with Crippen LogP contribution in [0.1, 0.15) is 12.8 Å². The third-order valence-corrected chi connectivity index (χ3v) is 3.49. The van der Waals surface area contributed by atoms with Gasteiger partial charge in [-0.2, -0.15) is 5.26 Å². The number of ether oxygens (including phenoxy) is 1. The molecule has 86 valence electrons. The summed E-state index contributed by atoms with van der Waals surface area (Å²) in [5.74, 6) is 0.625. The van der Waals surface area contributed by atoms with Crippen LogP contribution in [0.5, 0.6) is 5.75 Å². The molecular formula is C11H8BrN3O2. The van der Waals surface area contributed by atoms with Crippen LogP contribution in [0.3, 0.4) is 0 Å². The van der Waals surface area contributed by atoms with Crippen molar-refractivity contribution in [2.24, 2.45) is 5.41 Å². The molecule has 1 aromatic rings. The second kappa shape index (κ2) is 3.44. The molecule has 1 aromatic heterocycles. The first-order valence-corrected chi connectivity index (χ1v) is 5.98. The van der Waals surface area contributed by atoms with Gasteiger partial charge in [0.05, 0.1) is 6.07 Å². The van der Waals surface area contributed by atoms with E-state index < -0.39 is 11.5 Å². The Balaban J connectivity index is 1.97. The molecule has 1 amide bonds. The van der Waals surface area contributed by atoms with Gasteiger partial charge in [-0.25, -0.2) is 4.98 Å². The molecule has 1 saturated carbocycles. The van der Waals surface area contributed by atoms with E-state index in [1.807, 2.05) is 0 Å². The van der Waals surface area contributed by atoms with Crippen molar-refractivity contribution in [2.45, 2.75) is 18.9 Å². The Labute approximate surface area is 106 Å². The quantitative estimate of drug-likeness (QED) is 0.857. The maximum absolute atomic E-state index is 11.8. The van der Waals surface area contributed by atoms with Gasteiger partial charge in [0.2, 0.25) is 0 Å². The molecule has 0 saturated heterocycles. The maximum atomic E-state index is 11.8. The van der Waals surface area contributed by atoms with E-state index in [0.717, 1.165) is 4.47 Å². The number of carbonyl (C=O) groups excluding carboxylic acids is 1. The highest BCUT2D eigenvalue weighted by Gasteiger charge is 2.56. The van der Waals surface area contributed by atoms with Crippen molar-refractivity contribution in [3.8, 4) is 11.8 Å². The Kier molecular flexibility index (Phi) is 2.13. The number of halogens is 1. The highest BCUT2D eigenvalue weighted by atomic mass is 79.9. The lowest BCUT2D eigenvalue weighted by Crippen LogP contribution is -2.43. The summed E-state index contributed by atoms with van der Waals surface area (Å²) in [6, 6.07) is 3.92.